The monoisotopic (exact) mass is 298 g/mol. The van der Waals surface area contributed by atoms with E-state index < -0.39 is 0 Å². The Labute approximate surface area is 131 Å². The predicted molar refractivity (Wildman–Crippen MR) is 88.1 cm³/mol. The number of nitrogens with zero attached hydrogens (tertiary/aromatic N) is 3. The van der Waals surface area contributed by atoms with Crippen LogP contribution in [0.15, 0.2) is 42.9 Å². The summed E-state index contributed by atoms with van der Waals surface area (Å²) < 4.78 is 0. The summed E-state index contributed by atoms with van der Waals surface area (Å²) in [7, 11) is 2.02. The van der Waals surface area contributed by atoms with Crippen LogP contribution in [-0.2, 0) is 6.42 Å². The van der Waals surface area contributed by atoms with Crippen molar-refractivity contribution in [1.29, 1.82) is 0 Å². The highest BCUT2D eigenvalue weighted by atomic mass is 16.1. The topological polar surface area (TPSA) is 58.1 Å². The average molecular weight is 298 g/mol. The van der Waals surface area contributed by atoms with Gasteiger partial charge in [-0.15, -0.1) is 0 Å². The van der Waals surface area contributed by atoms with Gasteiger partial charge < -0.3 is 10.2 Å². The Morgan fingerprint density at radius 1 is 1.23 bits per heavy atom. The van der Waals surface area contributed by atoms with Crippen LogP contribution in [-0.4, -0.2) is 36.0 Å². The van der Waals surface area contributed by atoms with E-state index in [9.17, 15) is 4.79 Å². The van der Waals surface area contributed by atoms with Crippen LogP contribution in [0.2, 0.25) is 0 Å². The van der Waals surface area contributed by atoms with Gasteiger partial charge in [-0.2, -0.15) is 0 Å². The van der Waals surface area contributed by atoms with Gasteiger partial charge in [-0.1, -0.05) is 6.92 Å². The van der Waals surface area contributed by atoms with Gasteiger partial charge in [-0.05, 0) is 42.7 Å². The molecular weight excluding hydrogens is 276 g/mol. The zero-order valence-corrected chi connectivity index (χ0v) is 13.1. The van der Waals surface area contributed by atoms with E-state index in [-0.39, 0.29) is 5.91 Å². The zero-order valence-electron chi connectivity index (χ0n) is 13.1. The summed E-state index contributed by atoms with van der Waals surface area (Å²) in [6, 6.07) is 7.79. The fourth-order valence-corrected chi connectivity index (χ4v) is 2.09. The Bertz CT molecular complexity index is 601. The molecule has 0 spiro atoms. The van der Waals surface area contributed by atoms with Gasteiger partial charge in [0.25, 0.3) is 5.91 Å². The fraction of sp³-hybridized carbons (Fsp3) is 0.353. The molecule has 0 fully saturated rings. The first kappa shape index (κ1) is 15.9. The average Bonchev–Trinajstić information content (AvgIpc) is 2.58. The highest BCUT2D eigenvalue weighted by molar-refractivity contribution is 5.93. The van der Waals surface area contributed by atoms with Crippen LogP contribution >= 0.6 is 0 Å². The lowest BCUT2D eigenvalue weighted by Crippen LogP contribution is -2.26. The van der Waals surface area contributed by atoms with Crippen molar-refractivity contribution in [2.45, 2.75) is 19.8 Å². The first-order chi connectivity index (χ1) is 10.7. The number of hydrogen-bond donors (Lipinski definition) is 1. The molecule has 1 amide bonds. The number of likely N-dealkylation sites (N-methyl/N-ethyl adjacent to an activating group) is 1. The molecule has 0 saturated carbocycles. The fourth-order valence-electron chi connectivity index (χ4n) is 2.09. The lowest BCUT2D eigenvalue weighted by atomic mass is 10.2. The number of nitrogens with one attached hydrogen (secondary N) is 1. The van der Waals surface area contributed by atoms with E-state index in [1.54, 1.807) is 18.6 Å². The summed E-state index contributed by atoms with van der Waals surface area (Å²) in [5.41, 5.74) is 2.70. The summed E-state index contributed by atoms with van der Waals surface area (Å²) in [5, 5.41) is 2.85. The van der Waals surface area contributed by atoms with Gasteiger partial charge in [0.15, 0.2) is 0 Å². The van der Waals surface area contributed by atoms with Crippen LogP contribution in [0.3, 0.4) is 0 Å². The highest BCUT2D eigenvalue weighted by Gasteiger charge is 2.09. The van der Waals surface area contributed by atoms with Gasteiger partial charge in [0.1, 0.15) is 5.69 Å². The van der Waals surface area contributed by atoms with Crippen molar-refractivity contribution in [2.24, 2.45) is 0 Å². The molecular formula is C17H22N4O. The Morgan fingerprint density at radius 2 is 2.00 bits per heavy atom. The lowest BCUT2D eigenvalue weighted by molar-refractivity contribution is 0.0948. The molecule has 1 N–H and O–H groups in total. The molecule has 0 atom stereocenters. The number of amides is 1. The van der Waals surface area contributed by atoms with Crippen molar-refractivity contribution < 1.29 is 4.79 Å². The lowest BCUT2D eigenvalue weighted by Gasteiger charge is -2.19. The molecule has 0 bridgehead atoms. The van der Waals surface area contributed by atoms with Crippen molar-refractivity contribution in [1.82, 2.24) is 15.3 Å². The third kappa shape index (κ3) is 4.55. The maximum Gasteiger partial charge on any atom is 0.269 e. The Hall–Kier alpha value is -2.43. The maximum atomic E-state index is 12.0. The van der Waals surface area contributed by atoms with Crippen molar-refractivity contribution in [3.63, 3.8) is 0 Å². The minimum Gasteiger partial charge on any atom is -0.374 e. The molecule has 2 aromatic rings. The number of carbonyl (C=O) groups is 1. The van der Waals surface area contributed by atoms with E-state index in [1.165, 1.54) is 5.56 Å². The predicted octanol–water partition coefficient (Wildman–Crippen LogP) is 2.30. The molecule has 2 rings (SSSR count). The van der Waals surface area contributed by atoms with Crippen LogP contribution in [0.5, 0.6) is 0 Å². The normalized spacial score (nSPS) is 10.3. The largest absolute Gasteiger partial charge is 0.374 e. The third-order valence-corrected chi connectivity index (χ3v) is 3.44. The molecule has 2 heterocycles. The van der Waals surface area contributed by atoms with E-state index in [2.05, 4.69) is 20.2 Å². The second kappa shape index (κ2) is 8.12. The van der Waals surface area contributed by atoms with Gasteiger partial charge in [0.2, 0.25) is 0 Å². The summed E-state index contributed by atoms with van der Waals surface area (Å²) >= 11 is 0. The minimum absolute atomic E-state index is 0.119. The molecule has 0 saturated heterocycles. The number of carbonyl (C=O) groups excluding carboxylic acids is 1. The Morgan fingerprint density at radius 3 is 2.73 bits per heavy atom. The molecule has 5 heteroatoms. The van der Waals surface area contributed by atoms with Gasteiger partial charge in [-0.25, -0.2) is 0 Å². The van der Waals surface area contributed by atoms with Gasteiger partial charge in [0, 0.05) is 44.4 Å². The summed E-state index contributed by atoms with van der Waals surface area (Å²) in [5.74, 6) is -0.119. The molecule has 0 aromatic carbocycles. The van der Waals surface area contributed by atoms with Crippen molar-refractivity contribution in [3.8, 4) is 0 Å². The highest BCUT2D eigenvalue weighted by Crippen LogP contribution is 2.13. The van der Waals surface area contributed by atoms with Crippen LogP contribution in [0.1, 0.15) is 29.4 Å². The first-order valence-electron chi connectivity index (χ1n) is 7.55. The maximum absolute atomic E-state index is 12.0. The summed E-state index contributed by atoms with van der Waals surface area (Å²) in [6.07, 6.45) is 7.13. The molecule has 0 unspecified atom stereocenters. The molecule has 0 aliphatic rings. The molecule has 2 aromatic heterocycles. The number of pyridine rings is 2. The Kier molecular flexibility index (Phi) is 5.89. The van der Waals surface area contributed by atoms with E-state index in [4.69, 9.17) is 0 Å². The van der Waals surface area contributed by atoms with E-state index in [1.807, 2.05) is 38.2 Å². The number of anilines is 1. The minimum atomic E-state index is -0.119. The van der Waals surface area contributed by atoms with Crippen molar-refractivity contribution in [2.75, 3.05) is 25.0 Å². The van der Waals surface area contributed by atoms with E-state index >= 15 is 0 Å². The van der Waals surface area contributed by atoms with Crippen LogP contribution in [0.4, 0.5) is 5.69 Å². The quantitative estimate of drug-likeness (QED) is 0.852. The number of aromatic nitrogens is 2. The SMILES string of the molecule is CCCNC(=O)c1cc(N(C)CCc2ccncc2)ccn1. The van der Waals surface area contributed by atoms with Gasteiger partial charge in [-0.3, -0.25) is 14.8 Å². The summed E-state index contributed by atoms with van der Waals surface area (Å²) in [6.45, 7) is 3.56. The second-order valence-electron chi connectivity index (χ2n) is 5.18. The molecule has 0 radical (unpaired) electrons. The molecule has 5 nitrogen and oxygen atoms in total. The molecule has 0 aliphatic heterocycles. The van der Waals surface area contributed by atoms with E-state index in [0.717, 1.165) is 25.1 Å². The van der Waals surface area contributed by atoms with Crippen molar-refractivity contribution >= 4 is 11.6 Å². The number of rotatable bonds is 7. The van der Waals surface area contributed by atoms with Crippen LogP contribution in [0, 0.1) is 0 Å². The standard InChI is InChI=1S/C17H22N4O/c1-3-8-20-17(22)16-13-15(6-11-19-16)21(2)12-7-14-4-9-18-10-5-14/h4-6,9-11,13H,3,7-8,12H2,1-2H3,(H,20,22). The summed E-state index contributed by atoms with van der Waals surface area (Å²) in [4.78, 5) is 22.2. The second-order valence-corrected chi connectivity index (χ2v) is 5.18. The molecule has 22 heavy (non-hydrogen) atoms. The van der Waals surface area contributed by atoms with E-state index in [0.29, 0.717) is 12.2 Å². The molecule has 0 aliphatic carbocycles. The first-order valence-corrected chi connectivity index (χ1v) is 7.55. The van der Waals surface area contributed by atoms with Crippen LogP contribution < -0.4 is 10.2 Å². The smallest absolute Gasteiger partial charge is 0.269 e. The Balaban J connectivity index is 1.97. The van der Waals surface area contributed by atoms with Crippen molar-refractivity contribution in [3.05, 3.63) is 54.1 Å². The van der Waals surface area contributed by atoms with Gasteiger partial charge >= 0.3 is 0 Å². The number of hydrogen-bond acceptors (Lipinski definition) is 4. The van der Waals surface area contributed by atoms with Gasteiger partial charge in [0.05, 0.1) is 0 Å². The third-order valence-electron chi connectivity index (χ3n) is 3.44. The van der Waals surface area contributed by atoms with Crippen LogP contribution in [0.25, 0.3) is 0 Å². The molecule has 116 valence electrons. The zero-order chi connectivity index (χ0) is 15.8.